The molecule has 0 aliphatic carbocycles. The van der Waals surface area contributed by atoms with Gasteiger partial charge in [0.15, 0.2) is 6.61 Å². The normalized spacial score (nSPS) is 11.6. The van der Waals surface area contributed by atoms with E-state index in [1.54, 1.807) is 37.3 Å². The summed E-state index contributed by atoms with van der Waals surface area (Å²) >= 11 is 0. The van der Waals surface area contributed by atoms with E-state index in [2.05, 4.69) is 5.32 Å². The first-order valence-corrected chi connectivity index (χ1v) is 10.9. The Morgan fingerprint density at radius 3 is 2.09 bits per heavy atom. The largest absolute Gasteiger partial charge is 0.496 e. The SMILES string of the molecule is CCC(C(=O)NC(C)C)N(CCc1ccccc1)C(=O)COc1cc(OC)cc(OC)c1. The van der Waals surface area contributed by atoms with Gasteiger partial charge in [0.2, 0.25) is 5.91 Å². The highest BCUT2D eigenvalue weighted by molar-refractivity contribution is 5.88. The predicted octanol–water partition coefficient (Wildman–Crippen LogP) is 3.46. The number of nitrogens with one attached hydrogen (secondary N) is 1. The fourth-order valence-corrected chi connectivity index (χ4v) is 3.37. The standard InChI is InChI=1S/C25H34N2O5/c1-6-23(25(29)26-18(2)3)27(13-12-19-10-8-7-9-11-19)24(28)17-32-22-15-20(30-4)14-21(16-22)31-5/h7-11,14-16,18,23H,6,12-13,17H2,1-5H3,(H,26,29). The van der Waals surface area contributed by atoms with E-state index < -0.39 is 6.04 Å². The number of methoxy groups -OCH3 is 2. The van der Waals surface area contributed by atoms with E-state index >= 15 is 0 Å². The number of nitrogens with zero attached hydrogens (tertiary/aromatic N) is 1. The lowest BCUT2D eigenvalue weighted by Crippen LogP contribution is -2.52. The third-order valence-electron chi connectivity index (χ3n) is 4.99. The molecule has 0 saturated heterocycles. The molecule has 0 bridgehead atoms. The zero-order valence-electron chi connectivity index (χ0n) is 19.6. The first-order chi connectivity index (χ1) is 15.4. The van der Waals surface area contributed by atoms with Crippen molar-refractivity contribution < 1.29 is 23.8 Å². The maximum absolute atomic E-state index is 13.2. The van der Waals surface area contributed by atoms with Gasteiger partial charge in [-0.2, -0.15) is 0 Å². The zero-order valence-corrected chi connectivity index (χ0v) is 19.6. The molecule has 0 aromatic heterocycles. The van der Waals surface area contributed by atoms with Crippen molar-refractivity contribution in [3.05, 3.63) is 54.1 Å². The molecule has 0 saturated carbocycles. The van der Waals surface area contributed by atoms with Crippen LogP contribution in [0.4, 0.5) is 0 Å². The van der Waals surface area contributed by atoms with Crippen LogP contribution in [0.25, 0.3) is 0 Å². The molecule has 174 valence electrons. The molecule has 0 spiro atoms. The smallest absolute Gasteiger partial charge is 0.261 e. The summed E-state index contributed by atoms with van der Waals surface area (Å²) in [5.74, 6) is 1.17. The lowest BCUT2D eigenvalue weighted by atomic mass is 10.1. The van der Waals surface area contributed by atoms with Gasteiger partial charge in [-0.3, -0.25) is 9.59 Å². The summed E-state index contributed by atoms with van der Waals surface area (Å²) in [5.41, 5.74) is 1.10. The van der Waals surface area contributed by atoms with Crippen LogP contribution in [0.15, 0.2) is 48.5 Å². The van der Waals surface area contributed by atoms with Crippen molar-refractivity contribution in [1.29, 1.82) is 0 Å². The van der Waals surface area contributed by atoms with E-state index in [-0.39, 0.29) is 24.5 Å². The third-order valence-corrected chi connectivity index (χ3v) is 4.99. The fourth-order valence-electron chi connectivity index (χ4n) is 3.37. The van der Waals surface area contributed by atoms with Crippen LogP contribution in [-0.4, -0.2) is 56.2 Å². The molecule has 2 aromatic rings. The highest BCUT2D eigenvalue weighted by Gasteiger charge is 2.29. The third kappa shape index (κ3) is 7.48. The second-order valence-electron chi connectivity index (χ2n) is 7.75. The summed E-state index contributed by atoms with van der Waals surface area (Å²) in [6.45, 7) is 5.93. The topological polar surface area (TPSA) is 77.1 Å². The van der Waals surface area contributed by atoms with E-state index in [0.717, 1.165) is 5.56 Å². The van der Waals surface area contributed by atoms with Gasteiger partial charge in [-0.05, 0) is 32.3 Å². The minimum Gasteiger partial charge on any atom is -0.496 e. The quantitative estimate of drug-likeness (QED) is 0.545. The Balaban J connectivity index is 2.17. The monoisotopic (exact) mass is 442 g/mol. The summed E-state index contributed by atoms with van der Waals surface area (Å²) < 4.78 is 16.3. The van der Waals surface area contributed by atoms with Crippen molar-refractivity contribution in [2.24, 2.45) is 0 Å². The predicted molar refractivity (Wildman–Crippen MR) is 124 cm³/mol. The van der Waals surface area contributed by atoms with E-state index in [1.807, 2.05) is 51.1 Å². The number of carbonyl (C=O) groups is 2. The van der Waals surface area contributed by atoms with Crippen molar-refractivity contribution in [3.63, 3.8) is 0 Å². The van der Waals surface area contributed by atoms with Crippen LogP contribution >= 0.6 is 0 Å². The molecule has 7 nitrogen and oxygen atoms in total. The molecule has 1 unspecified atom stereocenters. The number of ether oxygens (including phenoxy) is 3. The van der Waals surface area contributed by atoms with Crippen LogP contribution < -0.4 is 19.5 Å². The summed E-state index contributed by atoms with van der Waals surface area (Å²) in [6.07, 6.45) is 1.15. The van der Waals surface area contributed by atoms with Gasteiger partial charge in [-0.25, -0.2) is 0 Å². The van der Waals surface area contributed by atoms with E-state index in [1.165, 1.54) is 0 Å². The molecule has 0 fully saturated rings. The highest BCUT2D eigenvalue weighted by atomic mass is 16.5. The Bertz CT molecular complexity index is 848. The number of amides is 2. The van der Waals surface area contributed by atoms with Gasteiger partial charge in [0.25, 0.3) is 5.91 Å². The molecule has 2 aromatic carbocycles. The van der Waals surface area contributed by atoms with Gasteiger partial charge in [0, 0.05) is 30.8 Å². The Labute approximate surface area is 190 Å². The van der Waals surface area contributed by atoms with Gasteiger partial charge in [-0.15, -0.1) is 0 Å². The summed E-state index contributed by atoms with van der Waals surface area (Å²) in [5, 5.41) is 2.92. The summed E-state index contributed by atoms with van der Waals surface area (Å²) in [7, 11) is 3.10. The van der Waals surface area contributed by atoms with Crippen LogP contribution in [0.1, 0.15) is 32.8 Å². The first-order valence-electron chi connectivity index (χ1n) is 10.9. The number of carbonyl (C=O) groups excluding carboxylic acids is 2. The lowest BCUT2D eigenvalue weighted by molar-refractivity contribution is -0.142. The molecule has 0 aliphatic heterocycles. The molecule has 2 amide bonds. The first kappa shape index (κ1) is 25.0. The van der Waals surface area contributed by atoms with E-state index in [4.69, 9.17) is 14.2 Å². The Morgan fingerprint density at radius 1 is 0.969 bits per heavy atom. The van der Waals surface area contributed by atoms with Gasteiger partial charge in [0.1, 0.15) is 23.3 Å². The number of hydrogen-bond donors (Lipinski definition) is 1. The van der Waals surface area contributed by atoms with Crippen molar-refractivity contribution >= 4 is 11.8 Å². The van der Waals surface area contributed by atoms with E-state index in [9.17, 15) is 9.59 Å². The molecule has 0 aliphatic rings. The second kappa shape index (κ2) is 12.6. The fraction of sp³-hybridized carbons (Fsp3) is 0.440. The maximum Gasteiger partial charge on any atom is 0.261 e. The second-order valence-corrected chi connectivity index (χ2v) is 7.75. The molecule has 7 heteroatoms. The zero-order chi connectivity index (χ0) is 23.5. The van der Waals surface area contributed by atoms with Crippen LogP contribution in [0.3, 0.4) is 0 Å². The maximum atomic E-state index is 13.2. The molecule has 2 rings (SSSR count). The molecular weight excluding hydrogens is 408 g/mol. The van der Waals surface area contributed by atoms with Crippen LogP contribution in [0.2, 0.25) is 0 Å². The number of benzene rings is 2. The molecule has 32 heavy (non-hydrogen) atoms. The highest BCUT2D eigenvalue weighted by Crippen LogP contribution is 2.27. The number of hydrogen-bond acceptors (Lipinski definition) is 5. The van der Waals surface area contributed by atoms with Gasteiger partial charge in [0.05, 0.1) is 14.2 Å². The van der Waals surface area contributed by atoms with Crippen LogP contribution in [-0.2, 0) is 16.0 Å². The van der Waals surface area contributed by atoms with Crippen molar-refractivity contribution in [1.82, 2.24) is 10.2 Å². The van der Waals surface area contributed by atoms with Gasteiger partial charge >= 0.3 is 0 Å². The van der Waals surface area contributed by atoms with Gasteiger partial charge in [-0.1, -0.05) is 37.3 Å². The van der Waals surface area contributed by atoms with Crippen LogP contribution in [0.5, 0.6) is 17.2 Å². The van der Waals surface area contributed by atoms with Crippen LogP contribution in [0, 0.1) is 0 Å². The average molecular weight is 443 g/mol. The minimum absolute atomic E-state index is 0.0110. The minimum atomic E-state index is -0.572. The van der Waals surface area contributed by atoms with Crippen molar-refractivity contribution in [2.45, 2.75) is 45.7 Å². The summed E-state index contributed by atoms with van der Waals surface area (Å²) in [4.78, 5) is 27.6. The molecular formula is C25H34N2O5. The molecule has 1 N–H and O–H groups in total. The lowest BCUT2D eigenvalue weighted by Gasteiger charge is -2.31. The Morgan fingerprint density at radius 2 is 1.56 bits per heavy atom. The molecule has 1 atom stereocenters. The molecule has 0 radical (unpaired) electrons. The van der Waals surface area contributed by atoms with Gasteiger partial charge < -0.3 is 24.4 Å². The Hall–Kier alpha value is -3.22. The van der Waals surface area contributed by atoms with Crippen molar-refractivity contribution in [2.75, 3.05) is 27.4 Å². The average Bonchev–Trinajstić information content (AvgIpc) is 2.79. The summed E-state index contributed by atoms with van der Waals surface area (Å²) in [6, 6.07) is 14.4. The van der Waals surface area contributed by atoms with Crippen molar-refractivity contribution in [3.8, 4) is 17.2 Å². The number of rotatable bonds is 12. The molecule has 0 heterocycles. The Kier molecular flexibility index (Phi) is 9.85. The van der Waals surface area contributed by atoms with E-state index in [0.29, 0.717) is 36.6 Å².